The van der Waals surface area contributed by atoms with Crippen molar-refractivity contribution in [1.29, 1.82) is 0 Å². The maximum atomic E-state index is 14.1. The molecule has 0 bridgehead atoms. The lowest BCUT2D eigenvalue weighted by Gasteiger charge is -2.19. The van der Waals surface area contributed by atoms with E-state index >= 15 is 0 Å². The summed E-state index contributed by atoms with van der Waals surface area (Å²) in [6.07, 6.45) is 4.50. The van der Waals surface area contributed by atoms with Crippen molar-refractivity contribution in [2.24, 2.45) is 0 Å². The summed E-state index contributed by atoms with van der Waals surface area (Å²) in [5, 5.41) is 5.81. The number of nitrogens with one attached hydrogen (secondary N) is 2. The molecule has 3 heterocycles. The summed E-state index contributed by atoms with van der Waals surface area (Å²) in [6, 6.07) is 18.8. The van der Waals surface area contributed by atoms with Crippen molar-refractivity contribution in [2.45, 2.75) is 12.3 Å². The van der Waals surface area contributed by atoms with Crippen LogP contribution in [0.15, 0.2) is 73.1 Å². The Balaban J connectivity index is 1.28. The van der Waals surface area contributed by atoms with E-state index in [-0.39, 0.29) is 5.91 Å². The van der Waals surface area contributed by atoms with E-state index in [1.54, 1.807) is 18.3 Å². The minimum Gasteiger partial charge on any atom is -0.371 e. The fraction of sp³-hybridized carbons (Fsp3) is 0.167. The number of anilines is 3. The summed E-state index contributed by atoms with van der Waals surface area (Å²) in [6.45, 7) is 1.94. The normalized spacial score (nSPS) is 19.1. The van der Waals surface area contributed by atoms with Gasteiger partial charge in [0.2, 0.25) is 0 Å². The van der Waals surface area contributed by atoms with Crippen molar-refractivity contribution in [3.05, 3.63) is 90.1 Å². The average Bonchev–Trinajstić information content (AvgIpc) is 3.39. The van der Waals surface area contributed by atoms with Gasteiger partial charge >= 0.3 is 0 Å². The summed E-state index contributed by atoms with van der Waals surface area (Å²) in [4.78, 5) is 19.0. The molecule has 2 aliphatic heterocycles. The Kier molecular flexibility index (Phi) is 4.67. The van der Waals surface area contributed by atoms with Crippen LogP contribution < -0.4 is 15.5 Å². The Labute approximate surface area is 174 Å². The minimum atomic E-state index is -0.411. The third-order valence-electron chi connectivity index (χ3n) is 5.69. The van der Waals surface area contributed by atoms with E-state index in [1.165, 1.54) is 6.07 Å². The SMILES string of the molecule is O=C1Nc2cccc(F)c2/C1=C/Nc1ccc(N2CCC(c3ccccn3)C2)cc1. The summed E-state index contributed by atoms with van der Waals surface area (Å²) in [5.41, 5.74) is 4.24. The van der Waals surface area contributed by atoms with Crippen molar-refractivity contribution in [1.82, 2.24) is 4.98 Å². The maximum Gasteiger partial charge on any atom is 0.257 e. The van der Waals surface area contributed by atoms with Crippen LogP contribution in [0.4, 0.5) is 21.5 Å². The van der Waals surface area contributed by atoms with E-state index in [9.17, 15) is 9.18 Å². The number of fused-ring (bicyclic) bond motifs is 1. The number of aromatic nitrogens is 1. The largest absolute Gasteiger partial charge is 0.371 e. The molecule has 0 radical (unpaired) electrons. The van der Waals surface area contributed by atoms with Gasteiger partial charge in [-0.1, -0.05) is 12.1 Å². The third-order valence-corrected chi connectivity index (χ3v) is 5.69. The minimum absolute atomic E-state index is 0.296. The van der Waals surface area contributed by atoms with Gasteiger partial charge in [-0.25, -0.2) is 4.39 Å². The molecule has 1 atom stereocenters. The van der Waals surface area contributed by atoms with Crippen LogP contribution in [0.25, 0.3) is 5.57 Å². The van der Waals surface area contributed by atoms with Gasteiger partial charge in [0.05, 0.1) is 11.3 Å². The van der Waals surface area contributed by atoms with Crippen LogP contribution in [-0.2, 0) is 4.79 Å². The monoisotopic (exact) mass is 400 g/mol. The van der Waals surface area contributed by atoms with E-state index in [0.29, 0.717) is 22.7 Å². The molecule has 0 saturated carbocycles. The third kappa shape index (κ3) is 3.41. The fourth-order valence-corrected chi connectivity index (χ4v) is 4.12. The summed E-state index contributed by atoms with van der Waals surface area (Å²) >= 11 is 0. The van der Waals surface area contributed by atoms with Gasteiger partial charge in [-0.15, -0.1) is 0 Å². The lowest BCUT2D eigenvalue weighted by atomic mass is 10.0. The van der Waals surface area contributed by atoms with Crippen LogP contribution in [0, 0.1) is 5.82 Å². The van der Waals surface area contributed by atoms with Crippen LogP contribution in [0.5, 0.6) is 0 Å². The van der Waals surface area contributed by atoms with Crippen molar-refractivity contribution in [2.75, 3.05) is 28.6 Å². The fourth-order valence-electron chi connectivity index (χ4n) is 4.12. The highest BCUT2D eigenvalue weighted by atomic mass is 19.1. The number of halogens is 1. The molecule has 150 valence electrons. The number of benzene rings is 2. The van der Waals surface area contributed by atoms with Gasteiger partial charge in [-0.2, -0.15) is 0 Å². The molecule has 5 rings (SSSR count). The zero-order valence-electron chi connectivity index (χ0n) is 16.3. The van der Waals surface area contributed by atoms with Crippen LogP contribution in [0.3, 0.4) is 0 Å². The highest BCUT2D eigenvalue weighted by Gasteiger charge is 2.27. The first-order chi connectivity index (χ1) is 14.7. The number of nitrogens with zero attached hydrogens (tertiary/aromatic N) is 2. The van der Waals surface area contributed by atoms with Gasteiger partial charge in [-0.05, 0) is 55.0 Å². The number of pyridine rings is 1. The van der Waals surface area contributed by atoms with Gasteiger partial charge in [0.25, 0.3) is 5.91 Å². The van der Waals surface area contributed by atoms with Gasteiger partial charge in [0.15, 0.2) is 0 Å². The van der Waals surface area contributed by atoms with E-state index in [0.717, 1.165) is 36.6 Å². The predicted molar refractivity (Wildman–Crippen MR) is 117 cm³/mol. The summed E-state index contributed by atoms with van der Waals surface area (Å²) in [5.74, 6) is -0.271. The van der Waals surface area contributed by atoms with Crippen LogP contribution >= 0.6 is 0 Å². The zero-order chi connectivity index (χ0) is 20.5. The molecule has 2 N–H and O–H groups in total. The van der Waals surface area contributed by atoms with Gasteiger partial charge in [0, 0.05) is 54.0 Å². The number of hydrogen-bond donors (Lipinski definition) is 2. The Morgan fingerprint density at radius 3 is 2.77 bits per heavy atom. The molecule has 3 aromatic rings. The van der Waals surface area contributed by atoms with Gasteiger partial charge in [-0.3, -0.25) is 9.78 Å². The van der Waals surface area contributed by atoms with E-state index < -0.39 is 5.82 Å². The quantitative estimate of drug-likeness (QED) is 0.628. The lowest BCUT2D eigenvalue weighted by Crippen LogP contribution is -2.19. The highest BCUT2D eigenvalue weighted by Crippen LogP contribution is 2.34. The molecule has 30 heavy (non-hydrogen) atoms. The molecule has 1 unspecified atom stereocenters. The topological polar surface area (TPSA) is 57.3 Å². The van der Waals surface area contributed by atoms with Crippen LogP contribution in [0.1, 0.15) is 23.6 Å². The molecular weight excluding hydrogens is 379 g/mol. The Bertz CT molecular complexity index is 1110. The molecule has 0 spiro atoms. The molecular formula is C24H21FN4O. The smallest absolute Gasteiger partial charge is 0.257 e. The summed E-state index contributed by atoms with van der Waals surface area (Å²) < 4.78 is 14.1. The second-order valence-corrected chi connectivity index (χ2v) is 7.55. The average molecular weight is 400 g/mol. The molecule has 5 nitrogen and oxygen atoms in total. The standard InChI is InChI=1S/C24H21FN4O/c25-20-4-3-6-22-23(20)19(24(30)28-22)14-27-17-7-9-18(10-8-17)29-13-11-16(15-29)21-5-1-2-12-26-21/h1-10,12,14,16,27H,11,13,15H2,(H,28,30)/b19-14-. The number of hydrogen-bond acceptors (Lipinski definition) is 4. The van der Waals surface area contributed by atoms with Crippen molar-refractivity contribution in [3.8, 4) is 0 Å². The number of amides is 1. The Morgan fingerprint density at radius 2 is 1.97 bits per heavy atom. The second-order valence-electron chi connectivity index (χ2n) is 7.55. The van der Waals surface area contributed by atoms with E-state index in [1.807, 2.05) is 30.5 Å². The lowest BCUT2D eigenvalue weighted by molar-refractivity contribution is -0.110. The van der Waals surface area contributed by atoms with Crippen LogP contribution in [-0.4, -0.2) is 24.0 Å². The molecule has 2 aromatic carbocycles. The molecule has 1 amide bonds. The van der Waals surface area contributed by atoms with E-state index in [4.69, 9.17) is 0 Å². The zero-order valence-corrected chi connectivity index (χ0v) is 16.3. The number of carbonyl (C=O) groups is 1. The van der Waals surface area contributed by atoms with Crippen molar-refractivity contribution >= 4 is 28.5 Å². The molecule has 1 fully saturated rings. The highest BCUT2D eigenvalue weighted by molar-refractivity contribution is 6.31. The van der Waals surface area contributed by atoms with Crippen molar-refractivity contribution in [3.63, 3.8) is 0 Å². The first-order valence-electron chi connectivity index (χ1n) is 10.0. The number of carbonyl (C=O) groups excluding carboxylic acids is 1. The Hall–Kier alpha value is -3.67. The molecule has 1 aromatic heterocycles. The van der Waals surface area contributed by atoms with E-state index in [2.05, 4.69) is 38.7 Å². The molecule has 1 saturated heterocycles. The molecule has 6 heteroatoms. The maximum absolute atomic E-state index is 14.1. The second kappa shape index (κ2) is 7.63. The first kappa shape index (κ1) is 18.4. The van der Waals surface area contributed by atoms with Gasteiger partial charge in [0.1, 0.15) is 5.82 Å². The molecule has 0 aliphatic carbocycles. The predicted octanol–water partition coefficient (Wildman–Crippen LogP) is 4.62. The number of rotatable bonds is 4. The van der Waals surface area contributed by atoms with Gasteiger partial charge < -0.3 is 15.5 Å². The van der Waals surface area contributed by atoms with Crippen LogP contribution in [0.2, 0.25) is 0 Å². The van der Waals surface area contributed by atoms with Crippen molar-refractivity contribution < 1.29 is 9.18 Å². The summed E-state index contributed by atoms with van der Waals surface area (Å²) in [7, 11) is 0. The Morgan fingerprint density at radius 1 is 1.10 bits per heavy atom. The first-order valence-corrected chi connectivity index (χ1v) is 10.0. The molecule has 2 aliphatic rings.